The van der Waals surface area contributed by atoms with Gasteiger partial charge in [-0.2, -0.15) is 5.10 Å². The number of hydrogen-bond acceptors (Lipinski definition) is 6. The number of methoxy groups -OCH3 is 1. The molecule has 0 radical (unpaired) electrons. The normalized spacial score (nSPS) is 16.5. The summed E-state index contributed by atoms with van der Waals surface area (Å²) < 4.78 is 35.3. The number of fused-ring (bicyclic) bond motifs is 1. The van der Waals surface area contributed by atoms with E-state index < -0.39 is 12.5 Å². The molecular formula is C18H17ClF2IN6O2P. The predicted molar refractivity (Wildman–Crippen MR) is 123 cm³/mol. The minimum atomic E-state index is -2.58. The third kappa shape index (κ3) is 4.33. The smallest absolute Gasteiger partial charge is 0.291 e. The fourth-order valence-corrected chi connectivity index (χ4v) is 5.24. The molecule has 3 heterocycles. The Kier molecular flexibility index (Phi) is 6.85. The molecule has 0 N–H and O–H groups in total. The van der Waals surface area contributed by atoms with Gasteiger partial charge in [0.15, 0.2) is 0 Å². The van der Waals surface area contributed by atoms with Crippen molar-refractivity contribution < 1.29 is 13.5 Å². The number of nitrogens with zero attached hydrogens (tertiary/aromatic N) is 6. The Hall–Kier alpha value is -1.69. The first-order chi connectivity index (χ1) is 14.9. The van der Waals surface area contributed by atoms with Crippen LogP contribution in [0.1, 0.15) is 35.0 Å². The van der Waals surface area contributed by atoms with E-state index in [1.54, 1.807) is 36.2 Å². The van der Waals surface area contributed by atoms with Gasteiger partial charge in [-0.05, 0) is 27.6 Å². The number of hydrogen-bond donors (Lipinski definition) is 0. The van der Waals surface area contributed by atoms with E-state index in [-0.39, 0.29) is 29.1 Å². The molecule has 0 saturated heterocycles. The molecule has 1 aliphatic rings. The van der Waals surface area contributed by atoms with Gasteiger partial charge >= 0.3 is 0 Å². The Balaban J connectivity index is 1.67. The van der Waals surface area contributed by atoms with Crippen LogP contribution in [0.25, 0.3) is 0 Å². The van der Waals surface area contributed by atoms with Crippen LogP contribution in [0.4, 0.5) is 14.5 Å². The molecule has 1 aliphatic heterocycles. The zero-order valence-corrected chi connectivity index (χ0v) is 20.1. The predicted octanol–water partition coefficient (Wildman–Crippen LogP) is 3.97. The van der Waals surface area contributed by atoms with Gasteiger partial charge in [0, 0.05) is 12.7 Å². The molecule has 1 aromatic carbocycles. The van der Waals surface area contributed by atoms with Crippen LogP contribution in [-0.2, 0) is 17.8 Å². The molecule has 0 spiro atoms. The SMILES string of the molecule is COC1CN(c2cnn(PI)c(=O)c2Cl)Cc2nnn(Cc3ccccc3C(F)F)c21. The Bertz CT molecular complexity index is 1160. The minimum absolute atomic E-state index is 0.0347. The Labute approximate surface area is 195 Å². The number of benzene rings is 1. The standard InChI is InChI=1S/C18H17ClF2IN6O2P/c1-30-14-9-26(13-6-23-28(31-22)18(29)15(13)19)8-12-16(14)27(25-24-12)7-10-4-2-3-5-11(10)17(20)21/h2-6,14,17,31H,7-9H2,1H3. The molecule has 0 amide bonds. The van der Waals surface area contributed by atoms with Gasteiger partial charge in [0.25, 0.3) is 12.0 Å². The van der Waals surface area contributed by atoms with Crippen LogP contribution in [0.15, 0.2) is 35.3 Å². The third-order valence-corrected chi connectivity index (χ3v) is 7.30. The fraction of sp³-hybridized carbons (Fsp3) is 0.333. The summed E-state index contributed by atoms with van der Waals surface area (Å²) in [6.45, 7) is 0.867. The number of rotatable bonds is 6. The average Bonchev–Trinajstić information content (AvgIpc) is 3.18. The van der Waals surface area contributed by atoms with Gasteiger partial charge in [-0.1, -0.05) is 41.1 Å². The van der Waals surface area contributed by atoms with Crippen molar-refractivity contribution in [3.05, 3.63) is 68.4 Å². The van der Waals surface area contributed by atoms with Gasteiger partial charge in [-0.3, -0.25) is 4.79 Å². The summed E-state index contributed by atoms with van der Waals surface area (Å²) >= 11 is 8.38. The number of halogens is 4. The van der Waals surface area contributed by atoms with Gasteiger partial charge < -0.3 is 9.64 Å². The van der Waals surface area contributed by atoms with Crippen LogP contribution in [0.3, 0.4) is 0 Å². The quantitative estimate of drug-likeness (QED) is 0.325. The van der Waals surface area contributed by atoms with Gasteiger partial charge in [0.1, 0.15) is 16.8 Å². The first-order valence-corrected chi connectivity index (χ1v) is 13.6. The van der Waals surface area contributed by atoms with Crippen LogP contribution < -0.4 is 10.5 Å². The molecule has 0 fully saturated rings. The molecule has 3 aromatic rings. The van der Waals surface area contributed by atoms with Crippen molar-refractivity contribution in [1.29, 1.82) is 0 Å². The van der Waals surface area contributed by atoms with E-state index in [4.69, 9.17) is 16.3 Å². The van der Waals surface area contributed by atoms with E-state index in [1.165, 1.54) is 10.5 Å². The van der Waals surface area contributed by atoms with Crippen molar-refractivity contribution >= 4 is 45.7 Å². The zero-order valence-electron chi connectivity index (χ0n) is 16.2. The highest BCUT2D eigenvalue weighted by Gasteiger charge is 2.33. The average molecular weight is 581 g/mol. The highest BCUT2D eigenvalue weighted by molar-refractivity contribution is 14.2. The van der Waals surface area contributed by atoms with E-state index in [1.807, 2.05) is 4.90 Å². The lowest BCUT2D eigenvalue weighted by Gasteiger charge is -2.33. The molecule has 0 bridgehead atoms. The van der Waals surface area contributed by atoms with E-state index in [0.717, 1.165) is 0 Å². The van der Waals surface area contributed by atoms with E-state index in [9.17, 15) is 13.6 Å². The summed E-state index contributed by atoms with van der Waals surface area (Å²) in [5.41, 5.74) is 1.91. The van der Waals surface area contributed by atoms with Crippen LogP contribution in [-0.4, -0.2) is 38.2 Å². The molecule has 31 heavy (non-hydrogen) atoms. The summed E-state index contributed by atoms with van der Waals surface area (Å²) in [5, 5.41) is 12.7. The fourth-order valence-electron chi connectivity index (χ4n) is 3.60. The van der Waals surface area contributed by atoms with Crippen LogP contribution >= 0.6 is 40.0 Å². The van der Waals surface area contributed by atoms with Crippen molar-refractivity contribution in [3.63, 3.8) is 0 Å². The highest BCUT2D eigenvalue weighted by atomic mass is 127. The largest absolute Gasteiger partial charge is 0.373 e. The van der Waals surface area contributed by atoms with E-state index in [2.05, 4.69) is 37.5 Å². The molecule has 0 aliphatic carbocycles. The summed E-state index contributed by atoms with van der Waals surface area (Å²) in [5.74, 6) is 0. The number of aromatic nitrogens is 5. The van der Waals surface area contributed by atoms with Gasteiger partial charge in [0.05, 0.1) is 43.6 Å². The molecule has 8 nitrogen and oxygen atoms in total. The number of alkyl halides is 2. The van der Waals surface area contributed by atoms with E-state index >= 15 is 0 Å². The number of anilines is 1. The first-order valence-electron chi connectivity index (χ1n) is 9.15. The second-order valence-corrected chi connectivity index (χ2v) is 9.25. The van der Waals surface area contributed by atoms with Crippen molar-refractivity contribution in [2.24, 2.45) is 0 Å². The highest BCUT2D eigenvalue weighted by Crippen LogP contribution is 2.34. The van der Waals surface area contributed by atoms with Crippen molar-refractivity contribution in [1.82, 2.24) is 24.5 Å². The van der Waals surface area contributed by atoms with Gasteiger partial charge in [0.2, 0.25) is 0 Å². The van der Waals surface area contributed by atoms with Crippen molar-refractivity contribution in [3.8, 4) is 0 Å². The molecular weight excluding hydrogens is 564 g/mol. The second-order valence-electron chi connectivity index (χ2n) is 6.83. The summed E-state index contributed by atoms with van der Waals surface area (Å²) in [7, 11) is 1.55. The second kappa shape index (κ2) is 9.43. The molecule has 2 aromatic heterocycles. The molecule has 4 rings (SSSR count). The summed E-state index contributed by atoms with van der Waals surface area (Å²) in [6.07, 6.45) is -1.33. The molecule has 13 heteroatoms. The maximum Gasteiger partial charge on any atom is 0.291 e. The zero-order chi connectivity index (χ0) is 22.1. The molecule has 164 valence electrons. The lowest BCUT2D eigenvalue weighted by atomic mass is 10.1. The Morgan fingerprint density at radius 2 is 2.16 bits per heavy atom. The first kappa shape index (κ1) is 22.5. The molecule has 0 saturated carbocycles. The lowest BCUT2D eigenvalue weighted by molar-refractivity contribution is 0.0949. The third-order valence-electron chi connectivity index (χ3n) is 5.10. The topological polar surface area (TPSA) is 78.1 Å². The minimum Gasteiger partial charge on any atom is -0.373 e. The van der Waals surface area contributed by atoms with Crippen LogP contribution in [0.2, 0.25) is 5.02 Å². The van der Waals surface area contributed by atoms with E-state index in [0.29, 0.717) is 35.7 Å². The molecule has 2 unspecified atom stereocenters. The molecule has 2 atom stereocenters. The lowest BCUT2D eigenvalue weighted by Crippen LogP contribution is -2.37. The monoisotopic (exact) mass is 580 g/mol. The Morgan fingerprint density at radius 1 is 1.39 bits per heavy atom. The van der Waals surface area contributed by atoms with Crippen molar-refractivity contribution in [2.45, 2.75) is 25.6 Å². The maximum absolute atomic E-state index is 13.4. The Morgan fingerprint density at radius 3 is 2.87 bits per heavy atom. The summed E-state index contributed by atoms with van der Waals surface area (Å²) in [4.78, 5) is 14.2. The van der Waals surface area contributed by atoms with Crippen LogP contribution in [0, 0.1) is 0 Å². The summed E-state index contributed by atoms with van der Waals surface area (Å²) in [6, 6.07) is 6.36. The van der Waals surface area contributed by atoms with Crippen LogP contribution in [0.5, 0.6) is 0 Å². The van der Waals surface area contributed by atoms with Gasteiger partial charge in [-0.25, -0.2) is 17.9 Å². The van der Waals surface area contributed by atoms with Gasteiger partial charge in [-0.15, -0.1) is 5.10 Å². The maximum atomic E-state index is 13.4. The number of ether oxygens (including phenoxy) is 1. The van der Waals surface area contributed by atoms with Crippen molar-refractivity contribution in [2.75, 3.05) is 18.6 Å².